The maximum Gasteiger partial charge on any atom is 0.412 e. The first-order valence-electron chi connectivity index (χ1n) is 3.14. The lowest BCUT2D eigenvalue weighted by Crippen LogP contribution is -2.34. The van der Waals surface area contributed by atoms with Crippen LogP contribution in [0.15, 0.2) is 11.4 Å². The van der Waals surface area contributed by atoms with Gasteiger partial charge in [0.15, 0.2) is 0 Å². The quantitative estimate of drug-likeness (QED) is 0.702. The van der Waals surface area contributed by atoms with Crippen molar-refractivity contribution >= 4 is 23.8 Å². The molecule has 0 spiro atoms. The summed E-state index contributed by atoms with van der Waals surface area (Å²) in [5, 5.41) is 4.28. The minimum absolute atomic E-state index is 0.0274. The molecule has 0 saturated carbocycles. The van der Waals surface area contributed by atoms with E-state index in [9.17, 15) is 9.59 Å². The number of hydrogen-bond donors (Lipinski definition) is 2. The van der Waals surface area contributed by atoms with Gasteiger partial charge in [0, 0.05) is 5.54 Å². The Balaban J connectivity index is 4.06. The highest BCUT2D eigenvalue weighted by atomic mass is 35.5. The molecule has 0 aliphatic carbocycles. The summed E-state index contributed by atoms with van der Waals surface area (Å²) in [5.41, 5.74) is 0.966. The van der Waals surface area contributed by atoms with Crippen molar-refractivity contribution in [2.45, 2.75) is 0 Å². The number of ether oxygens (including phenoxy) is 2. The normalized spacial score (nSPS) is 8.23. The van der Waals surface area contributed by atoms with Gasteiger partial charge >= 0.3 is 12.2 Å². The second kappa shape index (κ2) is 6.13. The maximum absolute atomic E-state index is 10.6. The van der Waals surface area contributed by atoms with E-state index >= 15 is 0 Å². The predicted octanol–water partition coefficient (Wildman–Crippen LogP) is 0.736. The number of carbonyl (C=O) groups excluding carboxylic acids is 2. The molecule has 0 saturated heterocycles. The molecule has 0 atom stereocenters. The first-order valence-corrected chi connectivity index (χ1v) is 3.58. The summed E-state index contributed by atoms with van der Waals surface area (Å²) in [5.74, 6) is -0.0274. The van der Waals surface area contributed by atoms with Crippen LogP contribution in [0.4, 0.5) is 9.59 Å². The zero-order valence-electron chi connectivity index (χ0n) is 7.09. The Bertz CT molecular complexity index is 209. The van der Waals surface area contributed by atoms with Crippen molar-refractivity contribution < 1.29 is 19.1 Å². The van der Waals surface area contributed by atoms with Gasteiger partial charge in [-0.25, -0.2) is 9.59 Å². The van der Waals surface area contributed by atoms with Gasteiger partial charge in [0.25, 0.3) is 0 Å². The minimum atomic E-state index is -0.747. The maximum atomic E-state index is 10.6. The van der Waals surface area contributed by atoms with Crippen LogP contribution in [-0.4, -0.2) is 26.4 Å². The zero-order valence-corrected chi connectivity index (χ0v) is 7.84. The summed E-state index contributed by atoms with van der Waals surface area (Å²) in [6.45, 7) is 0. The highest BCUT2D eigenvalue weighted by Crippen LogP contribution is 1.89. The van der Waals surface area contributed by atoms with Crippen molar-refractivity contribution in [3.05, 3.63) is 11.4 Å². The predicted molar refractivity (Wildman–Crippen MR) is 45.0 cm³/mol. The SMILES string of the molecule is COC(=O)NC(=CCl)NC(=O)OC. The van der Waals surface area contributed by atoms with E-state index in [2.05, 4.69) is 20.1 Å². The van der Waals surface area contributed by atoms with E-state index in [-0.39, 0.29) is 5.82 Å². The van der Waals surface area contributed by atoms with Gasteiger partial charge < -0.3 is 9.47 Å². The molecule has 0 heterocycles. The van der Waals surface area contributed by atoms with Crippen LogP contribution in [0.5, 0.6) is 0 Å². The standard InChI is InChI=1S/C6H9ClN2O4/c1-12-5(10)8-4(3-7)9-6(11)13-2/h3H,1-2H3,(H,8,10)(H,9,11). The molecule has 0 aliphatic rings. The Morgan fingerprint density at radius 3 is 1.77 bits per heavy atom. The lowest BCUT2D eigenvalue weighted by atomic mass is 10.7. The van der Waals surface area contributed by atoms with Crippen LogP contribution in [0.2, 0.25) is 0 Å². The van der Waals surface area contributed by atoms with E-state index in [1.54, 1.807) is 0 Å². The Morgan fingerprint density at radius 2 is 1.54 bits per heavy atom. The molecule has 0 aliphatic heterocycles. The van der Waals surface area contributed by atoms with Gasteiger partial charge in [0.05, 0.1) is 14.2 Å². The third kappa shape index (κ3) is 4.91. The monoisotopic (exact) mass is 208 g/mol. The lowest BCUT2D eigenvalue weighted by Gasteiger charge is -2.07. The molecule has 0 aromatic heterocycles. The van der Waals surface area contributed by atoms with Crippen molar-refractivity contribution in [1.29, 1.82) is 0 Å². The molecule has 6 nitrogen and oxygen atoms in total. The number of halogens is 1. The summed E-state index contributed by atoms with van der Waals surface area (Å²) >= 11 is 5.27. The van der Waals surface area contributed by atoms with Crippen LogP contribution in [0.1, 0.15) is 0 Å². The zero-order chi connectivity index (χ0) is 10.3. The summed E-state index contributed by atoms with van der Waals surface area (Å²) in [6, 6.07) is 0. The number of amides is 2. The van der Waals surface area contributed by atoms with E-state index in [0.29, 0.717) is 0 Å². The minimum Gasteiger partial charge on any atom is -0.453 e. The van der Waals surface area contributed by atoms with Gasteiger partial charge in [0.2, 0.25) is 0 Å². The molecule has 0 bridgehead atoms. The number of nitrogens with one attached hydrogen (secondary N) is 2. The van der Waals surface area contributed by atoms with Crippen LogP contribution in [0.25, 0.3) is 0 Å². The molecule has 74 valence electrons. The average Bonchev–Trinajstić information content (AvgIpc) is 2.16. The number of methoxy groups -OCH3 is 2. The third-order valence-corrected chi connectivity index (χ3v) is 1.17. The fourth-order valence-corrected chi connectivity index (χ4v) is 0.517. The first kappa shape index (κ1) is 11.6. The highest BCUT2D eigenvalue weighted by Gasteiger charge is 2.06. The Labute approximate surface area is 79.8 Å². The van der Waals surface area contributed by atoms with Crippen molar-refractivity contribution in [3.63, 3.8) is 0 Å². The molecule has 0 fully saturated rings. The van der Waals surface area contributed by atoms with Crippen LogP contribution < -0.4 is 10.6 Å². The fraction of sp³-hybridized carbons (Fsp3) is 0.333. The van der Waals surface area contributed by atoms with E-state index in [1.807, 2.05) is 0 Å². The molecular formula is C6H9ClN2O4. The van der Waals surface area contributed by atoms with E-state index in [1.165, 1.54) is 14.2 Å². The van der Waals surface area contributed by atoms with Crippen LogP contribution in [0.3, 0.4) is 0 Å². The smallest absolute Gasteiger partial charge is 0.412 e. The van der Waals surface area contributed by atoms with Crippen LogP contribution in [-0.2, 0) is 9.47 Å². The molecule has 7 heteroatoms. The first-order chi connectivity index (χ1) is 6.13. The Hall–Kier alpha value is -1.43. The number of alkyl carbamates (subject to hydrolysis) is 2. The van der Waals surface area contributed by atoms with Gasteiger partial charge in [-0.15, -0.1) is 0 Å². The van der Waals surface area contributed by atoms with Crippen LogP contribution >= 0.6 is 11.6 Å². The van der Waals surface area contributed by atoms with Crippen molar-refractivity contribution in [2.75, 3.05) is 14.2 Å². The summed E-state index contributed by atoms with van der Waals surface area (Å²) in [6.07, 6.45) is -1.49. The molecule has 0 radical (unpaired) electrons. The van der Waals surface area contributed by atoms with Gasteiger partial charge in [-0.05, 0) is 0 Å². The summed E-state index contributed by atoms with van der Waals surface area (Å²) in [4.78, 5) is 21.3. The molecule has 0 aromatic carbocycles. The molecule has 13 heavy (non-hydrogen) atoms. The number of carbonyl (C=O) groups is 2. The molecule has 2 N–H and O–H groups in total. The second-order valence-corrected chi connectivity index (χ2v) is 1.97. The van der Waals surface area contributed by atoms with Gasteiger partial charge in [-0.3, -0.25) is 10.6 Å². The Morgan fingerprint density at radius 1 is 1.15 bits per heavy atom. The second-order valence-electron chi connectivity index (χ2n) is 1.76. The topological polar surface area (TPSA) is 76.7 Å². The fourth-order valence-electron chi connectivity index (χ4n) is 0.408. The van der Waals surface area contributed by atoms with E-state index in [4.69, 9.17) is 11.6 Å². The number of rotatable bonds is 2. The largest absolute Gasteiger partial charge is 0.453 e. The van der Waals surface area contributed by atoms with Crippen molar-refractivity contribution in [2.24, 2.45) is 0 Å². The van der Waals surface area contributed by atoms with E-state index < -0.39 is 12.2 Å². The molecule has 0 aromatic rings. The van der Waals surface area contributed by atoms with Gasteiger partial charge in [-0.1, -0.05) is 11.6 Å². The lowest BCUT2D eigenvalue weighted by molar-refractivity contribution is 0.168. The van der Waals surface area contributed by atoms with Crippen LogP contribution in [0, 0.1) is 0 Å². The summed E-state index contributed by atoms with van der Waals surface area (Å²) in [7, 11) is 2.36. The molecule has 0 unspecified atom stereocenters. The summed E-state index contributed by atoms with van der Waals surface area (Å²) < 4.78 is 8.51. The highest BCUT2D eigenvalue weighted by molar-refractivity contribution is 6.25. The van der Waals surface area contributed by atoms with Crippen molar-refractivity contribution in [1.82, 2.24) is 10.6 Å². The van der Waals surface area contributed by atoms with E-state index in [0.717, 1.165) is 5.54 Å². The Kier molecular flexibility index (Phi) is 5.45. The number of hydrogen-bond acceptors (Lipinski definition) is 4. The van der Waals surface area contributed by atoms with Crippen molar-refractivity contribution in [3.8, 4) is 0 Å². The molecule has 0 rings (SSSR count). The average molecular weight is 209 g/mol. The third-order valence-electron chi connectivity index (χ3n) is 0.953. The molecular weight excluding hydrogens is 200 g/mol. The van der Waals surface area contributed by atoms with Gasteiger partial charge in [0.1, 0.15) is 5.82 Å². The van der Waals surface area contributed by atoms with Gasteiger partial charge in [-0.2, -0.15) is 0 Å². The molecule has 2 amide bonds.